The highest BCUT2D eigenvalue weighted by Crippen LogP contribution is 1.94. The predicted octanol–water partition coefficient (Wildman–Crippen LogP) is -0.0609. The molecule has 0 fully saturated rings. The summed E-state index contributed by atoms with van der Waals surface area (Å²) in [7, 11) is 1.81. The summed E-state index contributed by atoms with van der Waals surface area (Å²) in [4.78, 5) is 1.71. The number of nitrogens with two attached hydrogens (primary N) is 2. The van der Waals surface area contributed by atoms with Crippen LogP contribution in [0.4, 0.5) is 0 Å². The summed E-state index contributed by atoms with van der Waals surface area (Å²) in [6.45, 7) is 2.80. The SMILES string of the molecule is CC(N)CCCN(C)C(=N)N. The minimum Gasteiger partial charge on any atom is -0.370 e. The van der Waals surface area contributed by atoms with E-state index in [0.717, 1.165) is 19.4 Å². The quantitative estimate of drug-likeness (QED) is 0.396. The Balaban J connectivity index is 3.31. The van der Waals surface area contributed by atoms with Gasteiger partial charge in [0.05, 0.1) is 0 Å². The Labute approximate surface area is 68.1 Å². The van der Waals surface area contributed by atoms with Crippen LogP contribution in [0.15, 0.2) is 0 Å². The minimum absolute atomic E-state index is 0.120. The zero-order valence-electron chi connectivity index (χ0n) is 7.30. The van der Waals surface area contributed by atoms with E-state index in [1.54, 1.807) is 4.90 Å². The van der Waals surface area contributed by atoms with Gasteiger partial charge in [0.2, 0.25) is 0 Å². The molecule has 0 aromatic carbocycles. The first-order valence-corrected chi connectivity index (χ1v) is 3.84. The van der Waals surface area contributed by atoms with E-state index < -0.39 is 0 Å². The van der Waals surface area contributed by atoms with Gasteiger partial charge in [-0.3, -0.25) is 5.41 Å². The molecular formula is C7H18N4. The average Bonchev–Trinajstić information content (AvgIpc) is 1.86. The highest BCUT2D eigenvalue weighted by Gasteiger charge is 1.99. The van der Waals surface area contributed by atoms with Crippen molar-refractivity contribution in [1.29, 1.82) is 5.41 Å². The molecule has 66 valence electrons. The number of guanidine groups is 1. The van der Waals surface area contributed by atoms with Gasteiger partial charge in [0.1, 0.15) is 0 Å². The van der Waals surface area contributed by atoms with Gasteiger partial charge in [0.25, 0.3) is 0 Å². The first kappa shape index (κ1) is 10.2. The van der Waals surface area contributed by atoms with E-state index in [1.165, 1.54) is 0 Å². The van der Waals surface area contributed by atoms with Gasteiger partial charge >= 0.3 is 0 Å². The molecule has 0 aromatic rings. The molecule has 0 rings (SSSR count). The Bertz CT molecular complexity index is 122. The zero-order chi connectivity index (χ0) is 8.85. The highest BCUT2D eigenvalue weighted by atomic mass is 15.2. The topological polar surface area (TPSA) is 79.1 Å². The fourth-order valence-electron chi connectivity index (χ4n) is 0.771. The maximum absolute atomic E-state index is 7.06. The molecule has 0 aliphatic heterocycles. The summed E-state index contributed by atoms with van der Waals surface area (Å²) in [5.41, 5.74) is 10.8. The molecule has 11 heavy (non-hydrogen) atoms. The highest BCUT2D eigenvalue weighted by molar-refractivity contribution is 5.74. The number of rotatable bonds is 4. The predicted molar refractivity (Wildman–Crippen MR) is 47.4 cm³/mol. The van der Waals surface area contributed by atoms with Gasteiger partial charge < -0.3 is 16.4 Å². The van der Waals surface area contributed by atoms with E-state index in [2.05, 4.69) is 0 Å². The van der Waals surface area contributed by atoms with E-state index in [0.29, 0.717) is 0 Å². The van der Waals surface area contributed by atoms with Crippen molar-refractivity contribution in [3.63, 3.8) is 0 Å². The lowest BCUT2D eigenvalue weighted by molar-refractivity contribution is 0.457. The van der Waals surface area contributed by atoms with E-state index >= 15 is 0 Å². The molecule has 0 spiro atoms. The van der Waals surface area contributed by atoms with Crippen molar-refractivity contribution in [2.75, 3.05) is 13.6 Å². The third kappa shape index (κ3) is 5.66. The van der Waals surface area contributed by atoms with E-state index in [-0.39, 0.29) is 12.0 Å². The zero-order valence-corrected chi connectivity index (χ0v) is 7.30. The van der Waals surface area contributed by atoms with Crippen LogP contribution in [0.3, 0.4) is 0 Å². The Morgan fingerprint density at radius 1 is 1.64 bits per heavy atom. The first-order chi connectivity index (χ1) is 5.04. The summed E-state index contributed by atoms with van der Waals surface area (Å²) in [6.07, 6.45) is 1.98. The normalized spacial score (nSPS) is 12.6. The van der Waals surface area contributed by atoms with Gasteiger partial charge in [0, 0.05) is 19.6 Å². The summed E-state index contributed by atoms with van der Waals surface area (Å²) in [5.74, 6) is 0.120. The van der Waals surface area contributed by atoms with Crippen molar-refractivity contribution < 1.29 is 0 Å². The lowest BCUT2D eigenvalue weighted by Crippen LogP contribution is -2.34. The lowest BCUT2D eigenvalue weighted by Gasteiger charge is -2.16. The summed E-state index contributed by atoms with van der Waals surface area (Å²) in [6, 6.07) is 0.246. The summed E-state index contributed by atoms with van der Waals surface area (Å²) < 4.78 is 0. The second-order valence-corrected chi connectivity index (χ2v) is 2.93. The van der Waals surface area contributed by atoms with Crippen LogP contribution in [-0.2, 0) is 0 Å². The first-order valence-electron chi connectivity index (χ1n) is 3.84. The average molecular weight is 158 g/mol. The van der Waals surface area contributed by atoms with Gasteiger partial charge in [0.15, 0.2) is 5.96 Å². The standard InChI is InChI=1S/C7H18N4/c1-6(8)4-3-5-11(2)7(9)10/h6H,3-5,8H2,1-2H3,(H3,9,10). The lowest BCUT2D eigenvalue weighted by atomic mass is 10.2. The van der Waals surface area contributed by atoms with Crippen molar-refractivity contribution in [2.45, 2.75) is 25.8 Å². The Morgan fingerprint density at radius 2 is 2.18 bits per heavy atom. The third-order valence-electron chi connectivity index (χ3n) is 1.56. The Hall–Kier alpha value is -0.770. The monoisotopic (exact) mass is 158 g/mol. The molecule has 0 amide bonds. The third-order valence-corrected chi connectivity index (χ3v) is 1.56. The smallest absolute Gasteiger partial charge is 0.188 e. The van der Waals surface area contributed by atoms with Gasteiger partial charge in [-0.05, 0) is 19.8 Å². The molecule has 4 heteroatoms. The van der Waals surface area contributed by atoms with Crippen LogP contribution >= 0.6 is 0 Å². The van der Waals surface area contributed by atoms with E-state index in [1.807, 2.05) is 14.0 Å². The van der Waals surface area contributed by atoms with E-state index in [4.69, 9.17) is 16.9 Å². The van der Waals surface area contributed by atoms with Crippen molar-refractivity contribution in [3.05, 3.63) is 0 Å². The van der Waals surface area contributed by atoms with Gasteiger partial charge in [-0.2, -0.15) is 0 Å². The number of hydrogen-bond donors (Lipinski definition) is 3. The van der Waals surface area contributed by atoms with Crippen LogP contribution in [0, 0.1) is 5.41 Å². The van der Waals surface area contributed by atoms with Crippen LogP contribution in [0.25, 0.3) is 0 Å². The molecular weight excluding hydrogens is 140 g/mol. The minimum atomic E-state index is 0.120. The molecule has 5 N–H and O–H groups in total. The Kier molecular flexibility index (Phi) is 4.61. The van der Waals surface area contributed by atoms with Gasteiger partial charge in [-0.1, -0.05) is 0 Å². The molecule has 0 heterocycles. The van der Waals surface area contributed by atoms with Crippen LogP contribution < -0.4 is 11.5 Å². The molecule has 4 nitrogen and oxygen atoms in total. The molecule has 0 saturated heterocycles. The molecule has 1 unspecified atom stereocenters. The molecule has 0 aliphatic carbocycles. The number of nitrogens with one attached hydrogen (secondary N) is 1. The largest absolute Gasteiger partial charge is 0.370 e. The molecule has 0 aliphatic rings. The molecule has 1 atom stereocenters. The maximum Gasteiger partial charge on any atom is 0.188 e. The van der Waals surface area contributed by atoms with Crippen LogP contribution in [0.1, 0.15) is 19.8 Å². The van der Waals surface area contributed by atoms with Crippen LogP contribution in [-0.4, -0.2) is 30.5 Å². The summed E-state index contributed by atoms with van der Waals surface area (Å²) >= 11 is 0. The van der Waals surface area contributed by atoms with E-state index in [9.17, 15) is 0 Å². The van der Waals surface area contributed by atoms with Crippen molar-refractivity contribution >= 4 is 5.96 Å². The fourth-order valence-corrected chi connectivity index (χ4v) is 0.771. The number of hydrogen-bond acceptors (Lipinski definition) is 2. The fraction of sp³-hybridized carbons (Fsp3) is 0.857. The molecule has 0 aromatic heterocycles. The second-order valence-electron chi connectivity index (χ2n) is 2.93. The van der Waals surface area contributed by atoms with Crippen molar-refractivity contribution in [2.24, 2.45) is 11.5 Å². The van der Waals surface area contributed by atoms with Gasteiger partial charge in [-0.25, -0.2) is 0 Å². The van der Waals surface area contributed by atoms with Crippen molar-refractivity contribution in [3.8, 4) is 0 Å². The van der Waals surface area contributed by atoms with Crippen molar-refractivity contribution in [1.82, 2.24) is 4.90 Å². The van der Waals surface area contributed by atoms with Gasteiger partial charge in [-0.15, -0.1) is 0 Å². The van der Waals surface area contributed by atoms with Crippen LogP contribution in [0.2, 0.25) is 0 Å². The number of nitrogens with zero attached hydrogens (tertiary/aromatic N) is 1. The Morgan fingerprint density at radius 3 is 2.55 bits per heavy atom. The molecule has 0 saturated carbocycles. The summed E-state index contributed by atoms with van der Waals surface area (Å²) in [5, 5.41) is 7.06. The van der Waals surface area contributed by atoms with Crippen LogP contribution in [0.5, 0.6) is 0 Å². The maximum atomic E-state index is 7.06. The molecule has 0 radical (unpaired) electrons. The second kappa shape index (κ2) is 4.96. The molecule has 0 bridgehead atoms.